The first-order valence-corrected chi connectivity index (χ1v) is 15.8. The number of aromatic hydroxyl groups is 1. The number of phenols is 1. The van der Waals surface area contributed by atoms with Crippen molar-refractivity contribution in [2.45, 2.75) is 13.8 Å². The second-order valence-corrected chi connectivity index (χ2v) is 15.5. The number of ether oxygens (including phenoxy) is 1. The van der Waals surface area contributed by atoms with E-state index in [0.29, 0.717) is 20.6 Å². The number of hydrogen-bond donors (Lipinski definition) is 1. The van der Waals surface area contributed by atoms with E-state index in [1.54, 1.807) is 56.7 Å². The van der Waals surface area contributed by atoms with Crippen LogP contribution in [-0.4, -0.2) is 25.1 Å². The van der Waals surface area contributed by atoms with Crippen molar-refractivity contribution in [2.24, 2.45) is 0 Å². The zero-order valence-corrected chi connectivity index (χ0v) is 19.4. The molecule has 0 fully saturated rings. The third kappa shape index (κ3) is 12.0. The van der Waals surface area contributed by atoms with Gasteiger partial charge in [-0.25, -0.2) is 0 Å². The number of methoxy groups -OCH3 is 1. The van der Waals surface area contributed by atoms with Crippen LogP contribution in [0.1, 0.15) is 29.8 Å². The fourth-order valence-electron chi connectivity index (χ4n) is 1.41. The minimum atomic E-state index is -0.159. The molecule has 0 aliphatic rings. The van der Waals surface area contributed by atoms with Crippen molar-refractivity contribution in [3.8, 4) is 5.75 Å². The monoisotopic (exact) mass is 579 g/mol. The number of para-hydroxylation sites is 1. The fourth-order valence-corrected chi connectivity index (χ4v) is 1.41. The quantitative estimate of drug-likeness (QED) is 0.368. The molecule has 2 aromatic rings. The zero-order chi connectivity index (χ0) is 18.1. The van der Waals surface area contributed by atoms with Crippen LogP contribution in [0, 0.1) is 0 Å². The van der Waals surface area contributed by atoms with Gasteiger partial charge >= 0.3 is 49.4 Å². The molecule has 2 aromatic carbocycles. The Hall–Kier alpha value is -0.0856. The summed E-state index contributed by atoms with van der Waals surface area (Å²) in [5, 5.41) is 9.52. The van der Waals surface area contributed by atoms with Gasteiger partial charge in [-0.1, -0.05) is 56.3 Å². The first-order chi connectivity index (χ1) is 11.1. The van der Waals surface area contributed by atoms with E-state index >= 15 is 0 Å². The van der Waals surface area contributed by atoms with Crippen molar-refractivity contribution in [2.75, 3.05) is 14.2 Å². The molecule has 3 nitrogen and oxygen atoms in total. The molecule has 0 radical (unpaired) electrons. The van der Waals surface area contributed by atoms with Crippen LogP contribution >= 0.6 is 40.0 Å². The molecule has 0 spiro atoms. The van der Waals surface area contributed by atoms with E-state index in [-0.39, 0.29) is 11.5 Å². The van der Waals surface area contributed by atoms with Crippen molar-refractivity contribution >= 4 is 45.7 Å². The van der Waals surface area contributed by atoms with Gasteiger partial charge in [0.25, 0.3) is 0 Å². The van der Waals surface area contributed by atoms with E-state index in [9.17, 15) is 9.90 Å². The number of rotatable bonds is 2. The molecule has 0 amide bonds. The molecule has 0 heterocycles. The van der Waals surface area contributed by atoms with Crippen LogP contribution in [0.4, 0.5) is 0 Å². The predicted octanol–water partition coefficient (Wildman–Crippen LogP) is 5.68. The first-order valence-electron chi connectivity index (χ1n) is 6.82. The number of ketones is 1. The first kappa shape index (κ1) is 25.2. The van der Waals surface area contributed by atoms with E-state index in [4.69, 9.17) is 0 Å². The molecular weight excluding hydrogens is 557 g/mol. The van der Waals surface area contributed by atoms with E-state index < -0.39 is 0 Å². The molecule has 127 valence electrons. The molecule has 0 unspecified atom stereocenters. The second-order valence-electron chi connectivity index (χ2n) is 3.68. The molecule has 0 bridgehead atoms. The van der Waals surface area contributed by atoms with E-state index in [1.807, 2.05) is 19.9 Å². The van der Waals surface area contributed by atoms with Crippen LogP contribution in [0.5, 0.6) is 5.75 Å². The van der Waals surface area contributed by atoms with Crippen molar-refractivity contribution in [3.05, 3.63) is 65.7 Å². The van der Waals surface area contributed by atoms with E-state index in [2.05, 4.69) is 44.7 Å². The van der Waals surface area contributed by atoms with Crippen LogP contribution in [0.3, 0.4) is 0 Å². The van der Waals surface area contributed by atoms with Gasteiger partial charge < -0.3 is 9.84 Å². The molecule has 1 N–H and O–H groups in total. The van der Waals surface area contributed by atoms with Crippen LogP contribution in [0.2, 0.25) is 0 Å². The Labute approximate surface area is 168 Å². The minimum absolute atomic E-state index is 0.0198. The van der Waals surface area contributed by atoms with Crippen molar-refractivity contribution in [3.63, 3.8) is 0 Å². The topological polar surface area (TPSA) is 46.5 Å². The summed E-state index contributed by atoms with van der Waals surface area (Å²) in [6.07, 6.45) is 0. The van der Waals surface area contributed by atoms with Crippen LogP contribution in [0.15, 0.2) is 54.6 Å². The van der Waals surface area contributed by atoms with Crippen molar-refractivity contribution in [1.82, 2.24) is 0 Å². The average Bonchev–Trinajstić information content (AvgIpc) is 2.59. The van der Waals surface area contributed by atoms with Gasteiger partial charge in [0.15, 0.2) is 5.78 Å². The number of hydrogen-bond acceptors (Lipinski definition) is 3. The zero-order valence-electron chi connectivity index (χ0n) is 13.7. The average molecular weight is 579 g/mol. The summed E-state index contributed by atoms with van der Waals surface area (Å²) in [5.41, 5.74) is 0.919. The summed E-state index contributed by atoms with van der Waals surface area (Å²) < 4.78 is 4.25. The molecule has 0 aliphatic heterocycles. The number of carbonyl (C=O) groups excluding carboxylic acids is 1. The molecule has 0 aliphatic carbocycles. The second kappa shape index (κ2) is 18.3. The Morgan fingerprint density at radius 2 is 1.35 bits per heavy atom. The Morgan fingerprint density at radius 1 is 0.957 bits per heavy atom. The van der Waals surface area contributed by atoms with E-state index in [0.717, 1.165) is 0 Å². The fraction of sp³-hybridized carbons (Fsp3) is 0.235. The van der Waals surface area contributed by atoms with Gasteiger partial charge in [-0.2, -0.15) is 0 Å². The van der Waals surface area contributed by atoms with Gasteiger partial charge in [0.1, 0.15) is 5.75 Å². The summed E-state index contributed by atoms with van der Waals surface area (Å²) in [7, 11) is 3.88. The molecule has 0 saturated carbocycles. The normalized spacial score (nSPS) is 8.09. The van der Waals surface area contributed by atoms with Gasteiger partial charge in [0, 0.05) is 19.8 Å². The maximum absolute atomic E-state index is 11.9. The van der Waals surface area contributed by atoms with Crippen LogP contribution < -0.4 is 0 Å². The molecule has 2 rings (SSSR count). The summed E-state index contributed by atoms with van der Waals surface area (Å²) >= 11 is 4.74. The van der Waals surface area contributed by atoms with Gasteiger partial charge in [-0.15, -0.1) is 0 Å². The molecule has 0 saturated heterocycles. The van der Waals surface area contributed by atoms with Gasteiger partial charge in [0.05, 0.1) is 5.56 Å². The summed E-state index contributed by atoms with van der Waals surface area (Å²) in [5.74, 6) is -0.139. The molecule has 6 heteroatoms. The standard InChI is InChI=1S/C13H10O2.C2H6O.C2H6.2HI.V/c14-12-9-5-4-8-11(12)13(15)10-6-2-1-3-7-10;1-3-2;1-2;;;/h1-9,14H;1-2H3;1-2H3;2*1H;/q;;;;;+2/p-2. The molecule has 0 aromatic heterocycles. The predicted molar refractivity (Wildman–Crippen MR) is 110 cm³/mol. The molecular formula is C17H22I2O3V. The Kier molecular flexibility index (Phi) is 20.0. The Balaban J connectivity index is 0. The summed E-state index contributed by atoms with van der Waals surface area (Å²) in [6, 6.07) is 15.5. The van der Waals surface area contributed by atoms with Crippen molar-refractivity contribution < 1.29 is 24.1 Å². The van der Waals surface area contributed by atoms with E-state index in [1.165, 1.54) is 6.07 Å². The van der Waals surface area contributed by atoms with Crippen LogP contribution in [-0.2, 0) is 14.2 Å². The van der Waals surface area contributed by atoms with Crippen LogP contribution in [0.25, 0.3) is 0 Å². The summed E-state index contributed by atoms with van der Waals surface area (Å²) in [4.78, 5) is 11.9. The third-order valence-corrected chi connectivity index (χ3v) is 2.18. The molecule has 0 atom stereocenters. The maximum atomic E-state index is 11.9. The van der Waals surface area contributed by atoms with Crippen molar-refractivity contribution in [1.29, 1.82) is 0 Å². The number of carbonyl (C=O) groups is 1. The Morgan fingerprint density at radius 3 is 1.78 bits per heavy atom. The number of halogens is 2. The third-order valence-electron chi connectivity index (χ3n) is 2.18. The summed E-state index contributed by atoms with van der Waals surface area (Å²) in [6.45, 7) is 4.00. The molecule has 23 heavy (non-hydrogen) atoms. The number of benzene rings is 2. The van der Waals surface area contributed by atoms with Gasteiger partial charge in [-0.05, 0) is 12.1 Å². The Bertz CT molecular complexity index is 520. The number of phenolic OH excluding ortho intramolecular Hbond substituents is 1. The van der Waals surface area contributed by atoms with Gasteiger partial charge in [0.2, 0.25) is 0 Å². The SMILES string of the molecule is CC.COC.O=C(c1ccccc1)c1ccccc1O.[I][V][I]. The van der Waals surface area contributed by atoms with Gasteiger partial charge in [-0.3, -0.25) is 4.79 Å².